The molecule has 4 heteroatoms. The Morgan fingerprint density at radius 3 is 2.31 bits per heavy atom. The molecule has 0 unspecified atom stereocenters. The van der Waals surface area contributed by atoms with E-state index in [9.17, 15) is 4.79 Å². The van der Waals surface area contributed by atoms with Gasteiger partial charge in [-0.3, -0.25) is 4.98 Å². The highest BCUT2D eigenvalue weighted by Gasteiger charge is 2.03. The van der Waals surface area contributed by atoms with Gasteiger partial charge in [0, 0.05) is 6.20 Å². The zero-order chi connectivity index (χ0) is 18.6. The number of aromatic nitrogens is 1. The second kappa shape index (κ2) is 10.7. The first-order valence-electron chi connectivity index (χ1n) is 8.49. The number of esters is 1. The summed E-state index contributed by atoms with van der Waals surface area (Å²) in [7, 11) is 0. The van der Waals surface area contributed by atoms with E-state index in [-0.39, 0.29) is 5.97 Å². The molecular formula is C22H23NO3. The first-order valence-corrected chi connectivity index (χ1v) is 8.49. The van der Waals surface area contributed by atoms with Crippen LogP contribution < -0.4 is 4.74 Å². The largest absolute Gasteiger partial charge is 0.487 e. The Hall–Kier alpha value is -3.14. The van der Waals surface area contributed by atoms with E-state index in [1.807, 2.05) is 61.5 Å². The number of benzene rings is 2. The maximum Gasteiger partial charge on any atom is 0.338 e. The van der Waals surface area contributed by atoms with Gasteiger partial charge in [-0.1, -0.05) is 48.0 Å². The lowest BCUT2D eigenvalue weighted by Crippen LogP contribution is -2.03. The minimum absolute atomic E-state index is 0.252. The van der Waals surface area contributed by atoms with Crippen molar-refractivity contribution in [1.29, 1.82) is 0 Å². The van der Waals surface area contributed by atoms with Crippen LogP contribution in [0.15, 0.2) is 79.1 Å². The van der Waals surface area contributed by atoms with Crippen molar-refractivity contribution < 1.29 is 14.3 Å². The summed E-state index contributed by atoms with van der Waals surface area (Å²) in [6.45, 7) is 4.79. The van der Waals surface area contributed by atoms with Gasteiger partial charge in [0.25, 0.3) is 0 Å². The normalized spacial score (nSPS) is 9.62. The molecule has 3 aromatic rings. The minimum Gasteiger partial charge on any atom is -0.487 e. The number of nitrogens with zero attached hydrogens (tertiary/aromatic N) is 1. The van der Waals surface area contributed by atoms with Gasteiger partial charge in [-0.2, -0.15) is 0 Å². The van der Waals surface area contributed by atoms with Crippen LogP contribution in [0.4, 0.5) is 0 Å². The first kappa shape index (κ1) is 19.2. The maximum atomic E-state index is 11.1. The molecule has 0 bridgehead atoms. The third-order valence-corrected chi connectivity index (χ3v) is 3.45. The third kappa shape index (κ3) is 6.77. The van der Waals surface area contributed by atoms with E-state index in [1.165, 1.54) is 0 Å². The highest BCUT2D eigenvalue weighted by Crippen LogP contribution is 2.09. The molecule has 3 rings (SSSR count). The molecule has 1 aromatic heterocycles. The Morgan fingerprint density at radius 1 is 0.962 bits per heavy atom. The molecule has 1 heterocycles. The average molecular weight is 349 g/mol. The van der Waals surface area contributed by atoms with Crippen molar-refractivity contribution in [2.75, 3.05) is 6.61 Å². The number of hydrogen-bond acceptors (Lipinski definition) is 4. The zero-order valence-corrected chi connectivity index (χ0v) is 15.1. The molecule has 2 aromatic carbocycles. The number of aryl methyl sites for hydroxylation is 1. The number of pyridine rings is 1. The van der Waals surface area contributed by atoms with Crippen LogP contribution >= 0.6 is 0 Å². The molecule has 0 amide bonds. The van der Waals surface area contributed by atoms with Gasteiger partial charge in [0.2, 0.25) is 0 Å². The summed E-state index contributed by atoms with van der Waals surface area (Å²) in [4.78, 5) is 15.1. The molecule has 4 nitrogen and oxygen atoms in total. The first-order chi connectivity index (χ1) is 12.7. The highest BCUT2D eigenvalue weighted by molar-refractivity contribution is 5.89. The summed E-state index contributed by atoms with van der Waals surface area (Å²) < 4.78 is 10.4. The van der Waals surface area contributed by atoms with Crippen LogP contribution in [0, 0.1) is 6.92 Å². The molecule has 0 saturated heterocycles. The van der Waals surface area contributed by atoms with E-state index in [4.69, 9.17) is 9.47 Å². The van der Waals surface area contributed by atoms with Gasteiger partial charge in [0.1, 0.15) is 12.4 Å². The molecule has 0 radical (unpaired) electrons. The van der Waals surface area contributed by atoms with Crippen LogP contribution in [0.2, 0.25) is 0 Å². The van der Waals surface area contributed by atoms with E-state index in [0.717, 1.165) is 16.9 Å². The molecule has 0 aliphatic rings. The molecule has 0 aliphatic carbocycles. The van der Waals surface area contributed by atoms with Gasteiger partial charge in [-0.05, 0) is 43.7 Å². The predicted octanol–water partition coefficient (Wildman–Crippen LogP) is 4.83. The highest BCUT2D eigenvalue weighted by atomic mass is 16.5. The second-order valence-electron chi connectivity index (χ2n) is 5.55. The fraction of sp³-hybridized carbons (Fsp3) is 0.182. The minimum atomic E-state index is -0.252. The predicted molar refractivity (Wildman–Crippen MR) is 102 cm³/mol. The number of hydrogen-bond donors (Lipinski definition) is 0. The molecule has 0 fully saturated rings. The fourth-order valence-electron chi connectivity index (χ4n) is 2.08. The summed E-state index contributed by atoms with van der Waals surface area (Å²) in [6.07, 6.45) is 3.44. The van der Waals surface area contributed by atoms with Crippen LogP contribution in [0.25, 0.3) is 0 Å². The molecule has 0 N–H and O–H groups in total. The Balaban J connectivity index is 0.000000190. The quantitative estimate of drug-likeness (QED) is 0.619. The van der Waals surface area contributed by atoms with Crippen molar-refractivity contribution in [3.8, 4) is 5.75 Å². The molecule has 134 valence electrons. The van der Waals surface area contributed by atoms with Crippen LogP contribution in [0.3, 0.4) is 0 Å². The van der Waals surface area contributed by atoms with Gasteiger partial charge in [0.15, 0.2) is 0 Å². The molecule has 0 atom stereocenters. The van der Waals surface area contributed by atoms with Gasteiger partial charge < -0.3 is 9.47 Å². The lowest BCUT2D eigenvalue weighted by molar-refractivity contribution is 0.0526. The van der Waals surface area contributed by atoms with Crippen molar-refractivity contribution >= 4 is 5.97 Å². The van der Waals surface area contributed by atoms with Gasteiger partial charge >= 0.3 is 5.97 Å². The number of ether oxygens (including phenoxy) is 2. The van der Waals surface area contributed by atoms with Gasteiger partial charge in [-0.25, -0.2) is 4.79 Å². The Bertz CT molecular complexity index is 732. The van der Waals surface area contributed by atoms with E-state index in [2.05, 4.69) is 4.98 Å². The van der Waals surface area contributed by atoms with Crippen molar-refractivity contribution in [2.45, 2.75) is 20.5 Å². The van der Waals surface area contributed by atoms with Gasteiger partial charge in [0.05, 0.1) is 18.4 Å². The molecule has 0 aliphatic heterocycles. The van der Waals surface area contributed by atoms with E-state index in [1.54, 1.807) is 31.5 Å². The molecule has 26 heavy (non-hydrogen) atoms. The molecule has 0 saturated carbocycles. The average Bonchev–Trinajstić information content (AvgIpc) is 2.69. The summed E-state index contributed by atoms with van der Waals surface area (Å²) in [6, 6.07) is 21.2. The van der Waals surface area contributed by atoms with Crippen LogP contribution in [0.5, 0.6) is 5.75 Å². The second-order valence-corrected chi connectivity index (χ2v) is 5.55. The standard InChI is InChI=1S/C12H11NO.C10H12O2/c1-2-5-11(6-3-1)10-14-12-7-4-8-13-9-12;1-3-12-10(11)9-6-4-8(2)5-7-9/h1-9H,10H2;4-7H,3H2,1-2H3. The van der Waals surface area contributed by atoms with Crippen molar-refractivity contribution in [2.24, 2.45) is 0 Å². The van der Waals surface area contributed by atoms with Crippen LogP contribution in [-0.2, 0) is 11.3 Å². The Morgan fingerprint density at radius 2 is 1.69 bits per heavy atom. The number of carbonyl (C=O) groups is 1. The van der Waals surface area contributed by atoms with E-state index < -0.39 is 0 Å². The smallest absolute Gasteiger partial charge is 0.338 e. The topological polar surface area (TPSA) is 48.4 Å². The zero-order valence-electron chi connectivity index (χ0n) is 15.1. The lowest BCUT2D eigenvalue weighted by Gasteiger charge is -2.04. The summed E-state index contributed by atoms with van der Waals surface area (Å²) in [5.74, 6) is 0.550. The molecule has 0 spiro atoms. The third-order valence-electron chi connectivity index (χ3n) is 3.45. The summed E-state index contributed by atoms with van der Waals surface area (Å²) >= 11 is 0. The number of rotatable bonds is 5. The van der Waals surface area contributed by atoms with Crippen LogP contribution in [0.1, 0.15) is 28.4 Å². The number of carbonyl (C=O) groups excluding carboxylic acids is 1. The summed E-state index contributed by atoms with van der Waals surface area (Å²) in [5.41, 5.74) is 2.92. The van der Waals surface area contributed by atoms with Crippen LogP contribution in [-0.4, -0.2) is 17.6 Å². The maximum absolute atomic E-state index is 11.1. The fourth-order valence-corrected chi connectivity index (χ4v) is 2.08. The van der Waals surface area contributed by atoms with E-state index >= 15 is 0 Å². The van der Waals surface area contributed by atoms with Crippen molar-refractivity contribution in [1.82, 2.24) is 4.98 Å². The lowest BCUT2D eigenvalue weighted by atomic mass is 10.1. The van der Waals surface area contributed by atoms with E-state index in [0.29, 0.717) is 18.8 Å². The Kier molecular flexibility index (Phi) is 7.87. The monoisotopic (exact) mass is 349 g/mol. The van der Waals surface area contributed by atoms with Gasteiger partial charge in [-0.15, -0.1) is 0 Å². The molecular weight excluding hydrogens is 326 g/mol. The van der Waals surface area contributed by atoms with Crippen molar-refractivity contribution in [3.63, 3.8) is 0 Å². The SMILES string of the molecule is CCOC(=O)c1ccc(C)cc1.c1ccc(COc2cccnc2)cc1. The summed E-state index contributed by atoms with van der Waals surface area (Å²) in [5, 5.41) is 0. The van der Waals surface area contributed by atoms with Crippen molar-refractivity contribution in [3.05, 3.63) is 95.8 Å². The Labute approximate surface area is 154 Å².